The second-order valence-electron chi connectivity index (χ2n) is 4.59. The van der Waals surface area contributed by atoms with Crippen molar-refractivity contribution < 1.29 is 4.74 Å². The Kier molecular flexibility index (Phi) is 6.89. The lowest BCUT2D eigenvalue weighted by molar-refractivity contribution is 0.113. The maximum absolute atomic E-state index is 5.65. The lowest BCUT2D eigenvalue weighted by atomic mass is 10.3. The highest BCUT2D eigenvalue weighted by Gasteiger charge is 2.01. The lowest BCUT2D eigenvalue weighted by Gasteiger charge is -2.09. The van der Waals surface area contributed by atoms with E-state index in [1.807, 2.05) is 12.5 Å². The molecular weight excluding hydrogens is 214 g/mol. The SMILES string of the molecule is CCCn1cncc1COCCCNC(C)C. The first-order chi connectivity index (χ1) is 8.24. The van der Waals surface area contributed by atoms with Gasteiger partial charge in [0.05, 0.1) is 24.8 Å². The minimum Gasteiger partial charge on any atom is -0.375 e. The topological polar surface area (TPSA) is 39.1 Å². The first-order valence-corrected chi connectivity index (χ1v) is 6.54. The van der Waals surface area contributed by atoms with Gasteiger partial charge in [0.2, 0.25) is 0 Å². The summed E-state index contributed by atoms with van der Waals surface area (Å²) in [4.78, 5) is 4.15. The van der Waals surface area contributed by atoms with E-state index in [1.54, 1.807) is 0 Å². The summed E-state index contributed by atoms with van der Waals surface area (Å²) in [5.74, 6) is 0. The minimum atomic E-state index is 0.556. The molecule has 1 N–H and O–H groups in total. The van der Waals surface area contributed by atoms with Gasteiger partial charge in [0.25, 0.3) is 0 Å². The van der Waals surface area contributed by atoms with E-state index in [1.165, 1.54) is 5.69 Å². The van der Waals surface area contributed by atoms with Crippen molar-refractivity contribution in [3.8, 4) is 0 Å². The first kappa shape index (κ1) is 14.2. The molecule has 4 nitrogen and oxygen atoms in total. The van der Waals surface area contributed by atoms with E-state index >= 15 is 0 Å². The van der Waals surface area contributed by atoms with E-state index in [0.29, 0.717) is 12.6 Å². The molecule has 1 heterocycles. The van der Waals surface area contributed by atoms with Crippen molar-refractivity contribution in [1.82, 2.24) is 14.9 Å². The van der Waals surface area contributed by atoms with Crippen LogP contribution in [0.5, 0.6) is 0 Å². The van der Waals surface area contributed by atoms with E-state index in [0.717, 1.165) is 32.5 Å². The molecule has 1 rings (SSSR count). The van der Waals surface area contributed by atoms with Crippen molar-refractivity contribution in [2.24, 2.45) is 0 Å². The van der Waals surface area contributed by atoms with Crippen molar-refractivity contribution in [1.29, 1.82) is 0 Å². The molecule has 0 radical (unpaired) electrons. The second-order valence-corrected chi connectivity index (χ2v) is 4.59. The Bertz CT molecular complexity index is 297. The van der Waals surface area contributed by atoms with Crippen LogP contribution in [0.4, 0.5) is 0 Å². The summed E-state index contributed by atoms with van der Waals surface area (Å²) in [6.07, 6.45) is 5.95. The highest BCUT2D eigenvalue weighted by Crippen LogP contribution is 2.03. The van der Waals surface area contributed by atoms with Gasteiger partial charge in [-0.1, -0.05) is 20.8 Å². The molecule has 0 saturated heterocycles. The highest BCUT2D eigenvalue weighted by atomic mass is 16.5. The van der Waals surface area contributed by atoms with Gasteiger partial charge in [0.1, 0.15) is 0 Å². The van der Waals surface area contributed by atoms with Gasteiger partial charge in [0.15, 0.2) is 0 Å². The Morgan fingerprint density at radius 2 is 2.29 bits per heavy atom. The summed E-state index contributed by atoms with van der Waals surface area (Å²) in [5.41, 5.74) is 1.17. The molecule has 17 heavy (non-hydrogen) atoms. The fourth-order valence-corrected chi connectivity index (χ4v) is 1.65. The van der Waals surface area contributed by atoms with E-state index in [2.05, 4.69) is 35.6 Å². The van der Waals surface area contributed by atoms with E-state index in [4.69, 9.17) is 4.74 Å². The molecule has 0 fully saturated rings. The number of rotatable bonds is 9. The molecule has 0 unspecified atom stereocenters. The Morgan fingerprint density at radius 3 is 3.00 bits per heavy atom. The average molecular weight is 239 g/mol. The van der Waals surface area contributed by atoms with Gasteiger partial charge >= 0.3 is 0 Å². The van der Waals surface area contributed by atoms with Crippen molar-refractivity contribution in [2.45, 2.75) is 52.8 Å². The largest absolute Gasteiger partial charge is 0.375 e. The Labute approximate surface area is 104 Å². The smallest absolute Gasteiger partial charge is 0.0948 e. The Morgan fingerprint density at radius 1 is 1.47 bits per heavy atom. The summed E-state index contributed by atoms with van der Waals surface area (Å²) < 4.78 is 7.81. The van der Waals surface area contributed by atoms with Crippen LogP contribution in [-0.4, -0.2) is 28.7 Å². The number of imidazole rings is 1. The molecule has 0 aliphatic carbocycles. The molecule has 0 aromatic carbocycles. The van der Waals surface area contributed by atoms with Crippen LogP contribution >= 0.6 is 0 Å². The maximum Gasteiger partial charge on any atom is 0.0948 e. The molecule has 0 spiro atoms. The third kappa shape index (κ3) is 5.84. The third-order valence-electron chi connectivity index (χ3n) is 2.53. The number of aryl methyl sites for hydroxylation is 1. The number of hydrogen-bond donors (Lipinski definition) is 1. The van der Waals surface area contributed by atoms with Crippen molar-refractivity contribution in [3.63, 3.8) is 0 Å². The van der Waals surface area contributed by atoms with Crippen molar-refractivity contribution >= 4 is 0 Å². The first-order valence-electron chi connectivity index (χ1n) is 6.54. The molecule has 0 aliphatic rings. The van der Waals surface area contributed by atoms with E-state index in [-0.39, 0.29) is 0 Å². The van der Waals surface area contributed by atoms with Gasteiger partial charge in [0, 0.05) is 19.2 Å². The number of nitrogens with zero attached hydrogens (tertiary/aromatic N) is 2. The zero-order valence-electron chi connectivity index (χ0n) is 11.3. The Balaban J connectivity index is 2.11. The molecule has 0 saturated carbocycles. The fourth-order valence-electron chi connectivity index (χ4n) is 1.65. The number of hydrogen-bond acceptors (Lipinski definition) is 3. The maximum atomic E-state index is 5.65. The quantitative estimate of drug-likeness (QED) is 0.671. The fraction of sp³-hybridized carbons (Fsp3) is 0.769. The van der Waals surface area contributed by atoms with E-state index in [9.17, 15) is 0 Å². The normalized spacial score (nSPS) is 11.3. The standard InChI is InChI=1S/C13H25N3O/c1-4-7-16-11-14-9-13(16)10-17-8-5-6-15-12(2)3/h9,11-12,15H,4-8,10H2,1-3H3. The molecule has 0 amide bonds. The van der Waals surface area contributed by atoms with Crippen LogP contribution in [-0.2, 0) is 17.9 Å². The molecule has 98 valence electrons. The van der Waals surface area contributed by atoms with Gasteiger partial charge < -0.3 is 14.6 Å². The van der Waals surface area contributed by atoms with Crippen LogP contribution < -0.4 is 5.32 Å². The van der Waals surface area contributed by atoms with Gasteiger partial charge in [-0.3, -0.25) is 0 Å². The van der Waals surface area contributed by atoms with Crippen LogP contribution in [0.1, 0.15) is 39.3 Å². The molecule has 1 aromatic rings. The van der Waals surface area contributed by atoms with Crippen LogP contribution in [0.3, 0.4) is 0 Å². The van der Waals surface area contributed by atoms with Crippen LogP contribution in [0.2, 0.25) is 0 Å². The second kappa shape index (κ2) is 8.25. The van der Waals surface area contributed by atoms with Gasteiger partial charge in [-0.25, -0.2) is 4.98 Å². The highest BCUT2D eigenvalue weighted by molar-refractivity contribution is 4.96. The monoisotopic (exact) mass is 239 g/mol. The number of ether oxygens (including phenoxy) is 1. The zero-order chi connectivity index (χ0) is 12.5. The summed E-state index contributed by atoms with van der Waals surface area (Å²) in [6, 6.07) is 0.556. The molecular formula is C13H25N3O. The van der Waals surface area contributed by atoms with Crippen LogP contribution in [0, 0.1) is 0 Å². The third-order valence-corrected chi connectivity index (χ3v) is 2.53. The summed E-state index contributed by atoms with van der Waals surface area (Å²) >= 11 is 0. The molecule has 0 aliphatic heterocycles. The van der Waals surface area contributed by atoms with Gasteiger partial charge in [-0.05, 0) is 19.4 Å². The summed E-state index contributed by atoms with van der Waals surface area (Å²) in [7, 11) is 0. The molecule has 1 aromatic heterocycles. The zero-order valence-corrected chi connectivity index (χ0v) is 11.3. The Hall–Kier alpha value is -0.870. The summed E-state index contributed by atoms with van der Waals surface area (Å²) in [6.45, 7) is 9.99. The number of aromatic nitrogens is 2. The summed E-state index contributed by atoms with van der Waals surface area (Å²) in [5, 5.41) is 3.37. The van der Waals surface area contributed by atoms with Gasteiger partial charge in [-0.2, -0.15) is 0 Å². The molecule has 4 heteroatoms. The van der Waals surface area contributed by atoms with Crippen LogP contribution in [0.15, 0.2) is 12.5 Å². The van der Waals surface area contributed by atoms with Crippen molar-refractivity contribution in [2.75, 3.05) is 13.2 Å². The lowest BCUT2D eigenvalue weighted by Crippen LogP contribution is -2.24. The minimum absolute atomic E-state index is 0.556. The van der Waals surface area contributed by atoms with Crippen LogP contribution in [0.25, 0.3) is 0 Å². The van der Waals surface area contributed by atoms with Gasteiger partial charge in [-0.15, -0.1) is 0 Å². The van der Waals surface area contributed by atoms with Crippen molar-refractivity contribution in [3.05, 3.63) is 18.2 Å². The molecule has 0 atom stereocenters. The number of nitrogens with one attached hydrogen (secondary N) is 1. The average Bonchev–Trinajstić information content (AvgIpc) is 2.71. The molecule has 0 bridgehead atoms. The van der Waals surface area contributed by atoms with E-state index < -0.39 is 0 Å². The predicted octanol–water partition coefficient (Wildman–Crippen LogP) is 2.20. The predicted molar refractivity (Wildman–Crippen MR) is 69.9 cm³/mol.